The van der Waals surface area contributed by atoms with Crippen molar-refractivity contribution in [1.29, 1.82) is 0 Å². The van der Waals surface area contributed by atoms with E-state index in [0.717, 1.165) is 38.8 Å². The highest BCUT2D eigenvalue weighted by molar-refractivity contribution is 5.83. The molecule has 0 amide bonds. The zero-order valence-electron chi connectivity index (χ0n) is 21.1. The Morgan fingerprint density at radius 1 is 1.16 bits per heavy atom. The molecule has 5 unspecified atom stereocenters. The fraction of sp³-hybridized carbons (Fsp3) is 0.828. The van der Waals surface area contributed by atoms with Crippen molar-refractivity contribution in [2.45, 2.75) is 90.9 Å². The van der Waals surface area contributed by atoms with Crippen LogP contribution in [0.1, 0.15) is 90.9 Å². The van der Waals surface area contributed by atoms with Crippen molar-refractivity contribution < 1.29 is 4.79 Å². The van der Waals surface area contributed by atoms with Gasteiger partial charge in [-0.1, -0.05) is 44.1 Å². The van der Waals surface area contributed by atoms with Gasteiger partial charge in [0.25, 0.3) is 0 Å². The minimum absolute atomic E-state index is 0.213. The summed E-state index contributed by atoms with van der Waals surface area (Å²) < 4.78 is 0. The molecule has 4 rings (SSSR count). The first-order valence-corrected chi connectivity index (χ1v) is 13.6. The number of carbonyl (C=O) groups excluding carboxylic acids is 1. The number of fused-ring (bicyclic) bond motifs is 5. The van der Waals surface area contributed by atoms with Crippen LogP contribution in [-0.4, -0.2) is 25.9 Å². The van der Waals surface area contributed by atoms with E-state index in [2.05, 4.69) is 31.8 Å². The molecule has 0 bridgehead atoms. The fourth-order valence-corrected chi connectivity index (χ4v) is 8.37. The normalized spacial score (nSPS) is 41.7. The molecule has 0 aromatic carbocycles. The Kier molecular flexibility index (Phi) is 7.37. The monoisotopic (exact) mass is 440 g/mol. The maximum atomic E-state index is 13.7. The van der Waals surface area contributed by atoms with Crippen molar-refractivity contribution in [3.63, 3.8) is 0 Å². The van der Waals surface area contributed by atoms with Crippen molar-refractivity contribution >= 4 is 5.78 Å². The van der Waals surface area contributed by atoms with Crippen molar-refractivity contribution in [3.8, 4) is 0 Å². The Morgan fingerprint density at radius 2 is 1.97 bits per heavy atom. The highest BCUT2D eigenvalue weighted by Crippen LogP contribution is 2.65. The molecule has 0 aliphatic heterocycles. The average Bonchev–Trinajstić information content (AvgIpc) is 2.95. The van der Waals surface area contributed by atoms with Crippen molar-refractivity contribution in [3.05, 3.63) is 23.8 Å². The summed E-state index contributed by atoms with van der Waals surface area (Å²) >= 11 is 0. The summed E-state index contributed by atoms with van der Waals surface area (Å²) in [6.07, 6.45) is 16.6. The maximum Gasteiger partial charge on any atom is 0.136 e. The molecule has 3 heteroatoms. The standard InChI is InChI=1S/C29H48N2O/c1-20-10-11-25-27-24(9-6-14-28(20,25)2)29(3)15-12-21(17-23(29)18-26(27)32)7-5-8-22(19-30)13-16-31-4/h7,22-25,27,31H,1,5-6,8-19,30H2,2-4H3/b21-7+/t22?,23?,24?,25?,27?,28-,29+/m1/s1. The molecule has 0 spiro atoms. The van der Waals surface area contributed by atoms with E-state index >= 15 is 0 Å². The Bertz CT molecular complexity index is 741. The molecule has 7 atom stereocenters. The Balaban J connectivity index is 1.45. The second-order valence-electron chi connectivity index (χ2n) is 12.2. The molecule has 4 aliphatic carbocycles. The van der Waals surface area contributed by atoms with Crippen LogP contribution in [0.3, 0.4) is 0 Å². The van der Waals surface area contributed by atoms with Crippen LogP contribution in [0.15, 0.2) is 23.8 Å². The first-order valence-electron chi connectivity index (χ1n) is 13.6. The molecule has 3 nitrogen and oxygen atoms in total. The van der Waals surface area contributed by atoms with Crippen LogP contribution in [0.5, 0.6) is 0 Å². The highest BCUT2D eigenvalue weighted by Gasteiger charge is 2.59. The number of nitrogens with two attached hydrogens (primary N) is 1. The molecule has 0 saturated heterocycles. The van der Waals surface area contributed by atoms with Crippen LogP contribution in [-0.2, 0) is 4.79 Å². The summed E-state index contributed by atoms with van der Waals surface area (Å²) in [6, 6.07) is 0. The third-order valence-corrected chi connectivity index (χ3v) is 10.7. The summed E-state index contributed by atoms with van der Waals surface area (Å²) in [5, 5.41) is 3.25. The van der Waals surface area contributed by atoms with Gasteiger partial charge in [-0.2, -0.15) is 0 Å². The van der Waals surface area contributed by atoms with Crippen LogP contribution in [0.2, 0.25) is 0 Å². The van der Waals surface area contributed by atoms with Gasteiger partial charge in [0.15, 0.2) is 0 Å². The van der Waals surface area contributed by atoms with Gasteiger partial charge in [0.05, 0.1) is 0 Å². The summed E-state index contributed by atoms with van der Waals surface area (Å²) in [5.74, 6) is 3.21. The van der Waals surface area contributed by atoms with Gasteiger partial charge in [-0.25, -0.2) is 0 Å². The molecule has 0 radical (unpaired) electrons. The van der Waals surface area contributed by atoms with Gasteiger partial charge in [-0.15, -0.1) is 0 Å². The van der Waals surface area contributed by atoms with Crippen LogP contribution in [0, 0.1) is 40.4 Å². The van der Waals surface area contributed by atoms with E-state index in [1.54, 1.807) is 5.57 Å². The Labute approximate surface area is 197 Å². The number of Topliss-reactive ketones (excluding diaryl/α,β-unsaturated/α-hetero) is 1. The number of hydrogen-bond donors (Lipinski definition) is 2. The van der Waals surface area contributed by atoms with E-state index in [1.807, 2.05) is 7.05 Å². The molecule has 0 aromatic heterocycles. The van der Waals surface area contributed by atoms with Gasteiger partial charge in [-0.05, 0) is 119 Å². The third kappa shape index (κ3) is 4.29. The van der Waals surface area contributed by atoms with Crippen molar-refractivity contribution in [1.82, 2.24) is 5.32 Å². The molecular formula is C29H48N2O. The fourth-order valence-electron chi connectivity index (χ4n) is 8.37. The van der Waals surface area contributed by atoms with Crippen LogP contribution in [0.4, 0.5) is 0 Å². The number of hydrogen-bond acceptors (Lipinski definition) is 3. The minimum Gasteiger partial charge on any atom is -0.330 e. The van der Waals surface area contributed by atoms with E-state index in [4.69, 9.17) is 5.73 Å². The zero-order valence-corrected chi connectivity index (χ0v) is 21.1. The number of rotatable bonds is 7. The molecule has 0 aromatic rings. The van der Waals surface area contributed by atoms with Crippen LogP contribution < -0.4 is 11.1 Å². The van der Waals surface area contributed by atoms with Gasteiger partial charge in [0.2, 0.25) is 0 Å². The smallest absolute Gasteiger partial charge is 0.136 e. The van der Waals surface area contributed by atoms with Gasteiger partial charge in [0, 0.05) is 12.3 Å². The second-order valence-corrected chi connectivity index (χ2v) is 12.2. The predicted molar refractivity (Wildman–Crippen MR) is 134 cm³/mol. The van der Waals surface area contributed by atoms with Gasteiger partial charge < -0.3 is 11.1 Å². The molecule has 32 heavy (non-hydrogen) atoms. The second kappa shape index (κ2) is 9.74. The van der Waals surface area contributed by atoms with Crippen molar-refractivity contribution in [2.24, 2.45) is 46.2 Å². The molecule has 4 aliphatic rings. The molecule has 180 valence electrons. The number of ketones is 1. The first kappa shape index (κ1) is 24.2. The summed E-state index contributed by atoms with van der Waals surface area (Å²) in [5.41, 5.74) is 9.60. The van der Waals surface area contributed by atoms with Gasteiger partial charge in [0.1, 0.15) is 5.78 Å². The molecule has 4 fully saturated rings. The Hall–Kier alpha value is -0.930. The summed E-state index contributed by atoms with van der Waals surface area (Å²) in [4.78, 5) is 13.7. The summed E-state index contributed by atoms with van der Waals surface area (Å²) in [6.45, 7) is 11.3. The van der Waals surface area contributed by atoms with Crippen LogP contribution >= 0.6 is 0 Å². The Morgan fingerprint density at radius 3 is 2.72 bits per heavy atom. The third-order valence-electron chi connectivity index (χ3n) is 10.7. The lowest BCUT2D eigenvalue weighted by molar-refractivity contribution is -0.143. The first-order chi connectivity index (χ1) is 15.3. The maximum absolute atomic E-state index is 13.7. The topological polar surface area (TPSA) is 55.1 Å². The largest absolute Gasteiger partial charge is 0.330 e. The van der Waals surface area contributed by atoms with Crippen LogP contribution in [0.25, 0.3) is 0 Å². The summed E-state index contributed by atoms with van der Waals surface area (Å²) in [7, 11) is 2.02. The average molecular weight is 441 g/mol. The van der Waals surface area contributed by atoms with E-state index in [-0.39, 0.29) is 5.41 Å². The number of allylic oxidation sites excluding steroid dienone is 3. The lowest BCUT2D eigenvalue weighted by Gasteiger charge is -2.55. The number of carbonyl (C=O) groups is 1. The van der Waals surface area contributed by atoms with E-state index in [0.29, 0.717) is 40.8 Å². The minimum atomic E-state index is 0.213. The molecule has 4 saturated carbocycles. The SMILES string of the molecule is C=C1CCC2C3C(=O)CC4C/C(=C/CCC(CN)CCNC)CC[C@]4(C)C3CCC[C@]12C. The van der Waals surface area contributed by atoms with Gasteiger partial charge >= 0.3 is 0 Å². The molecule has 3 N–H and O–H groups in total. The highest BCUT2D eigenvalue weighted by atomic mass is 16.1. The quantitative estimate of drug-likeness (QED) is 0.474. The van der Waals surface area contributed by atoms with E-state index in [1.165, 1.54) is 56.9 Å². The lowest BCUT2D eigenvalue weighted by atomic mass is 9.48. The van der Waals surface area contributed by atoms with E-state index in [9.17, 15) is 4.79 Å². The molecule has 0 heterocycles. The zero-order chi connectivity index (χ0) is 22.9. The van der Waals surface area contributed by atoms with E-state index < -0.39 is 0 Å². The molecular weight excluding hydrogens is 392 g/mol. The lowest BCUT2D eigenvalue weighted by Crippen LogP contribution is -2.52. The predicted octanol–water partition coefficient (Wildman–Crippen LogP) is 6.05. The number of nitrogens with one attached hydrogen (secondary N) is 1. The van der Waals surface area contributed by atoms with Crippen molar-refractivity contribution in [2.75, 3.05) is 20.1 Å². The van der Waals surface area contributed by atoms with Gasteiger partial charge in [-0.3, -0.25) is 4.79 Å².